The first-order chi connectivity index (χ1) is 7.63. The van der Waals surface area contributed by atoms with Crippen LogP contribution < -0.4 is 4.74 Å². The van der Waals surface area contributed by atoms with Crippen LogP contribution in [-0.2, 0) is 0 Å². The van der Waals surface area contributed by atoms with Crippen LogP contribution in [0.3, 0.4) is 0 Å². The number of hydrogen-bond acceptors (Lipinski definition) is 4. The van der Waals surface area contributed by atoms with Crippen LogP contribution in [0.5, 0.6) is 5.75 Å². The van der Waals surface area contributed by atoms with Gasteiger partial charge in [0.25, 0.3) is 0 Å². The number of Topliss-reactive ketones (excluding diaryl/α,β-unsaturated/α-hetero) is 1. The van der Waals surface area contributed by atoms with Gasteiger partial charge in [-0.05, 0) is 13.0 Å². The van der Waals surface area contributed by atoms with Crippen molar-refractivity contribution in [3.63, 3.8) is 0 Å². The summed E-state index contributed by atoms with van der Waals surface area (Å²) in [6.45, 7) is 1.47. The summed E-state index contributed by atoms with van der Waals surface area (Å²) in [7, 11) is 1.51. The van der Waals surface area contributed by atoms with Crippen molar-refractivity contribution in [2.24, 2.45) is 0 Å². The van der Waals surface area contributed by atoms with E-state index in [9.17, 15) is 4.79 Å². The fourth-order valence-electron chi connectivity index (χ4n) is 1.50. The fourth-order valence-corrected chi connectivity index (χ4v) is 1.69. The quantitative estimate of drug-likeness (QED) is 0.594. The monoisotopic (exact) mass is 236 g/mol. The minimum absolute atomic E-state index is 0.0846. The van der Waals surface area contributed by atoms with Gasteiger partial charge < -0.3 is 4.74 Å². The standard InChI is InChI=1S/C11H9ClN2O2/c1-6(15)7-3-8-9(4-10(7)16-2)13-5-14-11(8)12/h3-5H,1-2H3. The smallest absolute Gasteiger partial charge is 0.163 e. The van der Waals surface area contributed by atoms with E-state index in [1.165, 1.54) is 20.4 Å². The molecule has 0 spiro atoms. The molecule has 0 aliphatic rings. The van der Waals surface area contributed by atoms with E-state index in [1.54, 1.807) is 12.1 Å². The van der Waals surface area contributed by atoms with Crippen molar-refractivity contribution < 1.29 is 9.53 Å². The number of benzene rings is 1. The number of hydrogen-bond donors (Lipinski definition) is 0. The number of nitrogens with zero attached hydrogens (tertiary/aromatic N) is 2. The molecule has 1 aromatic carbocycles. The number of carbonyl (C=O) groups is 1. The number of rotatable bonds is 2. The molecular formula is C11H9ClN2O2. The molecule has 4 nitrogen and oxygen atoms in total. The Hall–Kier alpha value is -1.68. The second-order valence-corrected chi connectivity index (χ2v) is 3.65. The van der Waals surface area contributed by atoms with Gasteiger partial charge in [-0.15, -0.1) is 0 Å². The fraction of sp³-hybridized carbons (Fsp3) is 0.182. The van der Waals surface area contributed by atoms with Crippen molar-refractivity contribution in [2.75, 3.05) is 7.11 Å². The van der Waals surface area contributed by atoms with Crippen molar-refractivity contribution in [1.82, 2.24) is 9.97 Å². The Bertz CT molecular complexity index is 569. The summed E-state index contributed by atoms with van der Waals surface area (Å²) in [6.07, 6.45) is 1.37. The van der Waals surface area contributed by atoms with Gasteiger partial charge in [0.1, 0.15) is 17.2 Å². The number of carbonyl (C=O) groups excluding carboxylic acids is 1. The number of methoxy groups -OCH3 is 1. The lowest BCUT2D eigenvalue weighted by Crippen LogP contribution is -1.98. The van der Waals surface area contributed by atoms with E-state index in [-0.39, 0.29) is 5.78 Å². The minimum Gasteiger partial charge on any atom is -0.496 e. The summed E-state index contributed by atoms with van der Waals surface area (Å²) >= 11 is 5.93. The molecule has 0 saturated carbocycles. The summed E-state index contributed by atoms with van der Waals surface area (Å²) in [4.78, 5) is 19.3. The van der Waals surface area contributed by atoms with Gasteiger partial charge in [-0.25, -0.2) is 9.97 Å². The third-order valence-electron chi connectivity index (χ3n) is 2.29. The average molecular weight is 237 g/mol. The van der Waals surface area contributed by atoms with Gasteiger partial charge in [-0.2, -0.15) is 0 Å². The first-order valence-electron chi connectivity index (χ1n) is 4.62. The number of aromatic nitrogens is 2. The number of ether oxygens (including phenoxy) is 1. The minimum atomic E-state index is -0.0846. The first-order valence-corrected chi connectivity index (χ1v) is 5.00. The van der Waals surface area contributed by atoms with E-state index in [0.29, 0.717) is 27.4 Å². The maximum Gasteiger partial charge on any atom is 0.163 e. The third-order valence-corrected chi connectivity index (χ3v) is 2.59. The zero-order valence-electron chi connectivity index (χ0n) is 8.82. The van der Waals surface area contributed by atoms with Gasteiger partial charge in [0.05, 0.1) is 18.2 Å². The molecule has 0 N–H and O–H groups in total. The van der Waals surface area contributed by atoms with Crippen LogP contribution in [0.2, 0.25) is 5.15 Å². The van der Waals surface area contributed by atoms with Crippen LogP contribution in [0.15, 0.2) is 18.5 Å². The Balaban J connectivity index is 2.81. The lowest BCUT2D eigenvalue weighted by molar-refractivity contribution is 0.101. The molecule has 0 bridgehead atoms. The summed E-state index contributed by atoms with van der Waals surface area (Å²) in [6, 6.07) is 3.33. The molecule has 2 rings (SSSR count). The zero-order valence-corrected chi connectivity index (χ0v) is 9.58. The van der Waals surface area contributed by atoms with Gasteiger partial charge in [0, 0.05) is 11.5 Å². The summed E-state index contributed by atoms with van der Waals surface area (Å²) < 4.78 is 5.13. The second kappa shape index (κ2) is 4.06. The largest absolute Gasteiger partial charge is 0.496 e. The van der Waals surface area contributed by atoms with Gasteiger partial charge >= 0.3 is 0 Å². The van der Waals surface area contributed by atoms with Crippen LogP contribution in [0.4, 0.5) is 0 Å². The lowest BCUT2D eigenvalue weighted by Gasteiger charge is -2.07. The molecule has 0 aliphatic carbocycles. The highest BCUT2D eigenvalue weighted by Crippen LogP contribution is 2.28. The van der Waals surface area contributed by atoms with Gasteiger partial charge in [0.15, 0.2) is 5.78 Å². The van der Waals surface area contributed by atoms with Crippen molar-refractivity contribution in [3.05, 3.63) is 29.2 Å². The molecule has 0 radical (unpaired) electrons. The Morgan fingerprint density at radius 1 is 1.38 bits per heavy atom. The van der Waals surface area contributed by atoms with E-state index in [4.69, 9.17) is 16.3 Å². The lowest BCUT2D eigenvalue weighted by atomic mass is 10.1. The summed E-state index contributed by atoms with van der Waals surface area (Å²) in [5.74, 6) is 0.411. The molecule has 0 fully saturated rings. The normalized spacial score (nSPS) is 10.4. The van der Waals surface area contributed by atoms with E-state index in [1.807, 2.05) is 0 Å². The molecule has 1 heterocycles. The molecular weight excluding hydrogens is 228 g/mol. The number of fused-ring (bicyclic) bond motifs is 1. The molecule has 1 aromatic heterocycles. The predicted molar refractivity (Wildman–Crippen MR) is 61.1 cm³/mol. The molecule has 0 unspecified atom stereocenters. The van der Waals surface area contributed by atoms with E-state index >= 15 is 0 Å². The van der Waals surface area contributed by atoms with Crippen LogP contribution in [0.25, 0.3) is 10.9 Å². The van der Waals surface area contributed by atoms with Crippen LogP contribution in [-0.4, -0.2) is 22.9 Å². The summed E-state index contributed by atoms with van der Waals surface area (Å²) in [5.41, 5.74) is 1.13. The average Bonchev–Trinajstić information content (AvgIpc) is 2.27. The van der Waals surface area contributed by atoms with E-state index in [0.717, 1.165) is 0 Å². The van der Waals surface area contributed by atoms with Gasteiger partial charge in [-0.1, -0.05) is 11.6 Å². The molecule has 0 saturated heterocycles. The molecule has 0 aliphatic heterocycles. The first kappa shape index (κ1) is 10.8. The highest BCUT2D eigenvalue weighted by Gasteiger charge is 2.12. The maximum absolute atomic E-state index is 11.4. The highest BCUT2D eigenvalue weighted by molar-refractivity contribution is 6.34. The SMILES string of the molecule is COc1cc2ncnc(Cl)c2cc1C(C)=O. The Morgan fingerprint density at radius 3 is 2.75 bits per heavy atom. The van der Waals surface area contributed by atoms with Crippen molar-refractivity contribution >= 4 is 28.3 Å². The van der Waals surface area contributed by atoms with Gasteiger partial charge in [0.2, 0.25) is 0 Å². The predicted octanol–water partition coefficient (Wildman–Crippen LogP) is 2.49. The molecule has 16 heavy (non-hydrogen) atoms. The van der Waals surface area contributed by atoms with E-state index in [2.05, 4.69) is 9.97 Å². The van der Waals surface area contributed by atoms with E-state index < -0.39 is 0 Å². The topological polar surface area (TPSA) is 52.1 Å². The maximum atomic E-state index is 11.4. The van der Waals surface area contributed by atoms with Crippen LogP contribution >= 0.6 is 11.6 Å². The highest BCUT2D eigenvalue weighted by atomic mass is 35.5. The summed E-state index contributed by atoms with van der Waals surface area (Å²) in [5, 5.41) is 0.977. The zero-order chi connectivity index (χ0) is 11.7. The van der Waals surface area contributed by atoms with Crippen molar-refractivity contribution in [1.29, 1.82) is 0 Å². The van der Waals surface area contributed by atoms with Gasteiger partial charge in [-0.3, -0.25) is 4.79 Å². The molecule has 82 valence electrons. The Morgan fingerprint density at radius 2 is 2.12 bits per heavy atom. The number of ketones is 1. The third kappa shape index (κ3) is 1.72. The van der Waals surface area contributed by atoms with Crippen LogP contribution in [0, 0.1) is 0 Å². The molecule has 5 heteroatoms. The van der Waals surface area contributed by atoms with Crippen LogP contribution in [0.1, 0.15) is 17.3 Å². The molecule has 0 amide bonds. The Labute approximate surface area is 97.2 Å². The Kier molecular flexibility index (Phi) is 2.75. The van der Waals surface area contributed by atoms with Crippen molar-refractivity contribution in [2.45, 2.75) is 6.92 Å². The van der Waals surface area contributed by atoms with Crippen molar-refractivity contribution in [3.8, 4) is 5.75 Å². The molecule has 2 aromatic rings. The second-order valence-electron chi connectivity index (χ2n) is 3.29. The number of halogens is 1. The molecule has 0 atom stereocenters.